The average molecular weight is 338 g/mol. The van der Waals surface area contributed by atoms with Crippen LogP contribution < -0.4 is 10.6 Å². The third-order valence-corrected chi connectivity index (χ3v) is 5.11. The molecule has 3 unspecified atom stereocenters. The first kappa shape index (κ1) is 20.9. The van der Waals surface area contributed by atoms with Crippen LogP contribution in [0.1, 0.15) is 47.5 Å². The van der Waals surface area contributed by atoms with E-state index in [9.17, 15) is 15.2 Å². The van der Waals surface area contributed by atoms with Crippen molar-refractivity contribution in [2.24, 2.45) is 11.8 Å². The summed E-state index contributed by atoms with van der Waals surface area (Å²) >= 11 is 0. The number of amides is 1. The van der Waals surface area contributed by atoms with E-state index in [1.807, 2.05) is 27.7 Å². The minimum Gasteiger partial charge on any atom is -0.392 e. The summed E-state index contributed by atoms with van der Waals surface area (Å²) in [6.45, 7) is 12.8. The Bertz CT molecular complexity index is 439. The Balaban J connectivity index is 2.35. The highest BCUT2D eigenvalue weighted by molar-refractivity contribution is 5.82. The molecule has 0 spiro atoms. The van der Waals surface area contributed by atoms with Gasteiger partial charge in [0, 0.05) is 6.54 Å². The SMILES string of the molecule is CC(O)CN1CCC(CNC(C)C(=O)NC(C)(C#N)C(C)C)CC1. The van der Waals surface area contributed by atoms with E-state index < -0.39 is 5.54 Å². The Morgan fingerprint density at radius 2 is 1.92 bits per heavy atom. The molecule has 1 saturated heterocycles. The number of nitrogens with one attached hydrogen (secondary N) is 2. The minimum absolute atomic E-state index is 0.0527. The molecule has 1 rings (SSSR count). The zero-order valence-corrected chi connectivity index (χ0v) is 15.8. The van der Waals surface area contributed by atoms with Gasteiger partial charge in [0.2, 0.25) is 5.91 Å². The first-order valence-electron chi connectivity index (χ1n) is 9.05. The molecule has 1 amide bonds. The van der Waals surface area contributed by atoms with Crippen LogP contribution in [0.25, 0.3) is 0 Å². The zero-order valence-electron chi connectivity index (χ0n) is 15.8. The average Bonchev–Trinajstić information content (AvgIpc) is 2.52. The van der Waals surface area contributed by atoms with E-state index in [1.54, 1.807) is 6.92 Å². The van der Waals surface area contributed by atoms with Crippen molar-refractivity contribution in [1.82, 2.24) is 15.5 Å². The van der Waals surface area contributed by atoms with Gasteiger partial charge in [0.15, 0.2) is 0 Å². The van der Waals surface area contributed by atoms with Crippen LogP contribution in [0.3, 0.4) is 0 Å². The summed E-state index contributed by atoms with van der Waals surface area (Å²) in [5.74, 6) is 0.481. The van der Waals surface area contributed by atoms with E-state index in [2.05, 4.69) is 21.6 Å². The Morgan fingerprint density at radius 1 is 1.33 bits per heavy atom. The predicted molar refractivity (Wildman–Crippen MR) is 95.3 cm³/mol. The van der Waals surface area contributed by atoms with Crippen molar-refractivity contribution in [2.45, 2.75) is 65.1 Å². The first-order valence-corrected chi connectivity index (χ1v) is 9.05. The topological polar surface area (TPSA) is 88.4 Å². The van der Waals surface area contributed by atoms with Gasteiger partial charge in [-0.3, -0.25) is 4.79 Å². The lowest BCUT2D eigenvalue weighted by Gasteiger charge is -2.33. The molecule has 6 nitrogen and oxygen atoms in total. The summed E-state index contributed by atoms with van der Waals surface area (Å²) in [5, 5.41) is 24.9. The number of aliphatic hydroxyl groups excluding tert-OH is 1. The van der Waals surface area contributed by atoms with E-state index in [0.29, 0.717) is 5.92 Å². The van der Waals surface area contributed by atoms with Gasteiger partial charge in [-0.2, -0.15) is 5.26 Å². The molecule has 1 aliphatic rings. The van der Waals surface area contributed by atoms with Gasteiger partial charge < -0.3 is 20.6 Å². The number of likely N-dealkylation sites (tertiary alicyclic amines) is 1. The number of β-amino-alcohol motifs (C(OH)–C–C–N with tert-alkyl or cyclic N) is 1. The summed E-state index contributed by atoms with van der Waals surface area (Å²) in [5.41, 5.74) is -0.834. The van der Waals surface area contributed by atoms with E-state index >= 15 is 0 Å². The van der Waals surface area contributed by atoms with Crippen molar-refractivity contribution >= 4 is 5.91 Å². The number of nitrogens with zero attached hydrogens (tertiary/aromatic N) is 2. The van der Waals surface area contributed by atoms with Crippen molar-refractivity contribution in [1.29, 1.82) is 5.26 Å². The second-order valence-corrected chi connectivity index (χ2v) is 7.68. The highest BCUT2D eigenvalue weighted by Gasteiger charge is 2.31. The molecule has 0 aromatic rings. The molecule has 0 radical (unpaired) electrons. The highest BCUT2D eigenvalue weighted by atomic mass is 16.3. The number of carbonyl (C=O) groups is 1. The van der Waals surface area contributed by atoms with Crippen LogP contribution in [-0.2, 0) is 4.79 Å². The Morgan fingerprint density at radius 3 is 2.38 bits per heavy atom. The molecule has 3 atom stereocenters. The molecule has 0 bridgehead atoms. The van der Waals surface area contributed by atoms with Crippen LogP contribution in [0.4, 0.5) is 0 Å². The van der Waals surface area contributed by atoms with E-state index in [4.69, 9.17) is 0 Å². The molecule has 138 valence electrons. The van der Waals surface area contributed by atoms with Gasteiger partial charge in [0.1, 0.15) is 5.54 Å². The molecule has 0 aromatic heterocycles. The number of piperidine rings is 1. The second kappa shape index (κ2) is 9.36. The normalized spacial score (nSPS) is 21.8. The van der Waals surface area contributed by atoms with Crippen molar-refractivity contribution < 1.29 is 9.90 Å². The summed E-state index contributed by atoms with van der Waals surface area (Å²) in [6.07, 6.45) is 1.88. The van der Waals surface area contributed by atoms with Crippen LogP contribution in [0.2, 0.25) is 0 Å². The number of rotatable bonds is 8. The van der Waals surface area contributed by atoms with Crippen LogP contribution in [0, 0.1) is 23.2 Å². The molecular weight excluding hydrogens is 304 g/mol. The molecular formula is C18H34N4O2. The van der Waals surface area contributed by atoms with Gasteiger partial charge in [-0.05, 0) is 65.1 Å². The third-order valence-electron chi connectivity index (χ3n) is 5.11. The molecule has 0 saturated carbocycles. The molecule has 3 N–H and O–H groups in total. The molecule has 0 aromatic carbocycles. The summed E-state index contributed by atoms with van der Waals surface area (Å²) in [7, 11) is 0. The van der Waals surface area contributed by atoms with Gasteiger partial charge in [0.05, 0.1) is 18.2 Å². The number of aliphatic hydroxyl groups is 1. The van der Waals surface area contributed by atoms with Crippen LogP contribution in [0.5, 0.6) is 0 Å². The molecule has 1 fully saturated rings. The van der Waals surface area contributed by atoms with Crippen LogP contribution in [0.15, 0.2) is 0 Å². The molecule has 0 aliphatic carbocycles. The van der Waals surface area contributed by atoms with Crippen LogP contribution >= 0.6 is 0 Å². The Labute approximate surface area is 146 Å². The molecule has 24 heavy (non-hydrogen) atoms. The van der Waals surface area contributed by atoms with Crippen molar-refractivity contribution in [3.63, 3.8) is 0 Å². The summed E-state index contributed by atoms with van der Waals surface area (Å²) in [4.78, 5) is 14.6. The van der Waals surface area contributed by atoms with E-state index in [0.717, 1.165) is 39.0 Å². The van der Waals surface area contributed by atoms with E-state index in [-0.39, 0.29) is 24.0 Å². The summed E-state index contributed by atoms with van der Waals surface area (Å²) < 4.78 is 0. The number of carbonyl (C=O) groups excluding carboxylic acids is 1. The lowest BCUT2D eigenvalue weighted by Crippen LogP contribution is -2.54. The van der Waals surface area contributed by atoms with Gasteiger partial charge in [0.25, 0.3) is 0 Å². The lowest BCUT2D eigenvalue weighted by atomic mass is 9.89. The monoisotopic (exact) mass is 338 g/mol. The predicted octanol–water partition coefficient (Wildman–Crippen LogP) is 1.11. The maximum atomic E-state index is 12.3. The molecule has 6 heteroatoms. The fourth-order valence-electron chi connectivity index (χ4n) is 2.85. The van der Waals surface area contributed by atoms with E-state index in [1.165, 1.54) is 0 Å². The van der Waals surface area contributed by atoms with Crippen molar-refractivity contribution in [3.8, 4) is 6.07 Å². The first-order chi connectivity index (χ1) is 11.2. The standard InChI is InChI=1S/C18H34N4O2/c1-13(2)18(5,12-19)21-17(24)15(4)20-10-16-6-8-22(9-7-16)11-14(3)23/h13-16,20,23H,6-11H2,1-5H3,(H,21,24). The van der Waals surface area contributed by atoms with Gasteiger partial charge in [-0.1, -0.05) is 13.8 Å². The maximum Gasteiger partial charge on any atom is 0.238 e. The van der Waals surface area contributed by atoms with Crippen LogP contribution in [-0.4, -0.2) is 59.8 Å². The molecule has 1 heterocycles. The van der Waals surface area contributed by atoms with Gasteiger partial charge in [-0.25, -0.2) is 0 Å². The van der Waals surface area contributed by atoms with Crippen molar-refractivity contribution in [3.05, 3.63) is 0 Å². The third kappa shape index (κ3) is 6.39. The minimum atomic E-state index is -0.834. The number of hydrogen-bond acceptors (Lipinski definition) is 5. The quantitative estimate of drug-likeness (QED) is 0.617. The summed E-state index contributed by atoms with van der Waals surface area (Å²) in [6, 6.07) is 1.89. The highest BCUT2D eigenvalue weighted by Crippen LogP contribution is 2.17. The fraction of sp³-hybridized carbons (Fsp3) is 0.889. The van der Waals surface area contributed by atoms with Gasteiger partial charge >= 0.3 is 0 Å². The maximum absolute atomic E-state index is 12.3. The number of nitriles is 1. The molecule has 1 aliphatic heterocycles. The van der Waals surface area contributed by atoms with Crippen molar-refractivity contribution in [2.75, 3.05) is 26.2 Å². The zero-order chi connectivity index (χ0) is 18.3. The lowest BCUT2D eigenvalue weighted by molar-refractivity contribution is -0.124. The fourth-order valence-corrected chi connectivity index (χ4v) is 2.85. The van der Waals surface area contributed by atoms with Gasteiger partial charge in [-0.15, -0.1) is 0 Å². The number of hydrogen-bond donors (Lipinski definition) is 3. The largest absolute Gasteiger partial charge is 0.392 e. The smallest absolute Gasteiger partial charge is 0.238 e. The second-order valence-electron chi connectivity index (χ2n) is 7.68. The Kier molecular flexibility index (Phi) is 8.14. The Hall–Kier alpha value is -1.16.